The first-order valence-corrected chi connectivity index (χ1v) is 11.2. The Morgan fingerprint density at radius 1 is 1.26 bits per heavy atom. The molecule has 0 N–H and O–H groups in total. The van der Waals surface area contributed by atoms with Gasteiger partial charge in [-0.2, -0.15) is 5.26 Å². The van der Waals surface area contributed by atoms with Gasteiger partial charge in [0.2, 0.25) is 5.91 Å². The third-order valence-electron chi connectivity index (χ3n) is 7.09. The first kappa shape index (κ1) is 23.2. The number of aryl methyl sites for hydroxylation is 2. The van der Waals surface area contributed by atoms with E-state index in [-0.39, 0.29) is 29.6 Å². The molecule has 0 unspecified atom stereocenters. The monoisotopic (exact) mass is 422 g/mol. The number of ether oxygens (including phenoxy) is 1. The number of carbonyl (C=O) groups excluding carboxylic acids is 2. The smallest absolute Gasteiger partial charge is 0.226 e. The predicted octanol–water partition coefficient (Wildman–Crippen LogP) is 4.76. The van der Waals surface area contributed by atoms with Gasteiger partial charge in [0, 0.05) is 39.1 Å². The Hall–Kier alpha value is -2.45. The van der Waals surface area contributed by atoms with Crippen molar-refractivity contribution < 1.29 is 14.3 Å². The lowest BCUT2D eigenvalue weighted by Crippen LogP contribution is -2.37. The number of allylic oxidation sites excluding steroid dienone is 1. The van der Waals surface area contributed by atoms with Crippen molar-refractivity contribution in [2.24, 2.45) is 5.41 Å². The van der Waals surface area contributed by atoms with E-state index in [9.17, 15) is 9.59 Å². The average Bonchev–Trinajstić information content (AvgIpc) is 2.74. The Kier molecular flexibility index (Phi) is 7.33. The Bertz CT molecular complexity index is 917. The first-order chi connectivity index (χ1) is 14.8. The number of carbonyl (C=O) groups is 2. The number of Topliss-reactive ketones (excluding diaryl/α,β-unsaturated/α-hetero) is 1. The molecular weight excluding hydrogens is 388 g/mol. The van der Waals surface area contributed by atoms with E-state index < -0.39 is 0 Å². The molecule has 2 aliphatic rings. The van der Waals surface area contributed by atoms with Crippen LogP contribution in [0.4, 0.5) is 0 Å². The number of nitrogens with zero attached hydrogens (tertiary/aromatic N) is 2. The highest BCUT2D eigenvalue weighted by Gasteiger charge is 2.43. The summed E-state index contributed by atoms with van der Waals surface area (Å²) >= 11 is 0. The van der Waals surface area contributed by atoms with Crippen molar-refractivity contribution in [3.05, 3.63) is 40.5 Å². The summed E-state index contributed by atoms with van der Waals surface area (Å²) in [5.74, 6) is 0.141. The second kappa shape index (κ2) is 9.78. The minimum atomic E-state index is -0.0613. The van der Waals surface area contributed by atoms with Crippen LogP contribution in [0.3, 0.4) is 0 Å². The van der Waals surface area contributed by atoms with E-state index in [4.69, 9.17) is 10.00 Å². The first-order valence-electron chi connectivity index (χ1n) is 11.2. The highest BCUT2D eigenvalue weighted by molar-refractivity contribution is 6.23. The highest BCUT2D eigenvalue weighted by Crippen LogP contribution is 2.51. The Morgan fingerprint density at radius 3 is 2.61 bits per heavy atom. The van der Waals surface area contributed by atoms with E-state index in [1.54, 1.807) is 19.1 Å². The van der Waals surface area contributed by atoms with E-state index in [0.717, 1.165) is 59.9 Å². The maximum Gasteiger partial charge on any atom is 0.226 e. The van der Waals surface area contributed by atoms with Gasteiger partial charge in [0.15, 0.2) is 5.78 Å². The molecule has 0 heterocycles. The van der Waals surface area contributed by atoms with Crippen molar-refractivity contribution >= 4 is 17.3 Å². The molecule has 3 rings (SSSR count). The number of amides is 1. The molecule has 0 aromatic heterocycles. The third-order valence-corrected chi connectivity index (χ3v) is 7.09. The van der Waals surface area contributed by atoms with Gasteiger partial charge in [-0.05, 0) is 68.1 Å². The number of nitriles is 1. The fourth-order valence-corrected chi connectivity index (χ4v) is 5.18. The minimum Gasteiger partial charge on any atom is -0.381 e. The average molecular weight is 423 g/mol. The Morgan fingerprint density at radius 2 is 1.97 bits per heavy atom. The summed E-state index contributed by atoms with van der Waals surface area (Å²) in [4.78, 5) is 28.1. The number of benzene rings is 1. The fourth-order valence-electron chi connectivity index (χ4n) is 5.18. The lowest BCUT2D eigenvalue weighted by molar-refractivity contribution is -0.129. The van der Waals surface area contributed by atoms with E-state index in [2.05, 4.69) is 24.3 Å². The maximum atomic E-state index is 13.6. The highest BCUT2D eigenvalue weighted by atomic mass is 16.5. The fraction of sp³-hybridized carbons (Fsp3) is 0.577. The van der Waals surface area contributed by atoms with Gasteiger partial charge in [-0.15, -0.1) is 0 Å². The standard InChI is InChI=1S/C26H34N2O3/c1-18-6-7-19(2)22(14-18)25-20(15-24(30)28(3)13-5-12-27)16-26(17-23(25)29)10-8-21(31-4)9-11-26/h6-7,14,21H,5,8-11,13,15-17H2,1-4H3. The van der Waals surface area contributed by atoms with Crippen LogP contribution in [0.15, 0.2) is 23.8 Å². The van der Waals surface area contributed by atoms with E-state index >= 15 is 0 Å². The van der Waals surface area contributed by atoms with Crippen LogP contribution >= 0.6 is 0 Å². The van der Waals surface area contributed by atoms with Crippen LogP contribution in [-0.4, -0.2) is 43.4 Å². The van der Waals surface area contributed by atoms with Crippen molar-refractivity contribution in [1.82, 2.24) is 4.90 Å². The molecule has 0 radical (unpaired) electrons. The second-order valence-electron chi connectivity index (χ2n) is 9.41. The van der Waals surface area contributed by atoms with Gasteiger partial charge in [-0.3, -0.25) is 9.59 Å². The molecule has 1 amide bonds. The van der Waals surface area contributed by atoms with E-state index in [1.807, 2.05) is 13.8 Å². The van der Waals surface area contributed by atoms with Crippen LogP contribution in [0.2, 0.25) is 0 Å². The molecule has 0 saturated heterocycles. The second-order valence-corrected chi connectivity index (χ2v) is 9.41. The van der Waals surface area contributed by atoms with Gasteiger partial charge in [0.25, 0.3) is 0 Å². The largest absolute Gasteiger partial charge is 0.381 e. The lowest BCUT2D eigenvalue weighted by atomic mass is 9.62. The minimum absolute atomic E-state index is 0.0246. The zero-order valence-electron chi connectivity index (χ0n) is 19.3. The molecule has 31 heavy (non-hydrogen) atoms. The number of methoxy groups -OCH3 is 1. The van der Waals surface area contributed by atoms with Crippen LogP contribution < -0.4 is 0 Å². The van der Waals surface area contributed by atoms with Gasteiger partial charge in [-0.25, -0.2) is 0 Å². The van der Waals surface area contributed by atoms with E-state index in [0.29, 0.717) is 19.4 Å². The molecule has 5 heteroatoms. The number of hydrogen-bond donors (Lipinski definition) is 0. The summed E-state index contributed by atoms with van der Waals surface area (Å²) in [6.45, 7) is 4.47. The van der Waals surface area contributed by atoms with Crippen molar-refractivity contribution in [2.75, 3.05) is 20.7 Å². The molecule has 1 spiro atoms. The van der Waals surface area contributed by atoms with Crippen LogP contribution in [0.1, 0.15) is 68.1 Å². The van der Waals surface area contributed by atoms with Crippen LogP contribution in [0.5, 0.6) is 0 Å². The van der Waals surface area contributed by atoms with E-state index in [1.165, 1.54) is 0 Å². The normalized spacial score (nSPS) is 23.7. The van der Waals surface area contributed by atoms with Crippen LogP contribution in [0, 0.1) is 30.6 Å². The van der Waals surface area contributed by atoms with Gasteiger partial charge >= 0.3 is 0 Å². The maximum absolute atomic E-state index is 13.6. The summed E-state index contributed by atoms with van der Waals surface area (Å²) in [5.41, 5.74) is 4.80. The van der Waals surface area contributed by atoms with Crippen LogP contribution in [0.25, 0.3) is 5.57 Å². The lowest BCUT2D eigenvalue weighted by Gasteiger charge is -2.43. The van der Waals surface area contributed by atoms with Gasteiger partial charge < -0.3 is 9.64 Å². The Labute approximate surface area is 186 Å². The topological polar surface area (TPSA) is 70.4 Å². The molecular formula is C26H34N2O3. The molecule has 1 saturated carbocycles. The predicted molar refractivity (Wildman–Crippen MR) is 121 cm³/mol. The molecule has 5 nitrogen and oxygen atoms in total. The molecule has 1 aromatic rings. The van der Waals surface area contributed by atoms with Crippen molar-refractivity contribution in [2.45, 2.75) is 71.3 Å². The molecule has 0 aliphatic heterocycles. The number of ketones is 1. The van der Waals surface area contributed by atoms with Crippen molar-refractivity contribution in [3.8, 4) is 6.07 Å². The van der Waals surface area contributed by atoms with Crippen molar-refractivity contribution in [1.29, 1.82) is 5.26 Å². The summed E-state index contributed by atoms with van der Waals surface area (Å²) < 4.78 is 5.55. The summed E-state index contributed by atoms with van der Waals surface area (Å²) in [7, 11) is 3.50. The zero-order chi connectivity index (χ0) is 22.6. The van der Waals surface area contributed by atoms with Gasteiger partial charge in [-0.1, -0.05) is 23.8 Å². The van der Waals surface area contributed by atoms with Gasteiger partial charge in [0.05, 0.1) is 18.6 Å². The summed E-state index contributed by atoms with van der Waals surface area (Å²) in [6, 6.07) is 8.28. The summed E-state index contributed by atoms with van der Waals surface area (Å²) in [6.07, 6.45) is 6.01. The number of rotatable bonds is 6. The molecule has 166 valence electrons. The Balaban J connectivity index is 1.98. The quantitative estimate of drug-likeness (QED) is 0.663. The molecule has 1 fully saturated rings. The van der Waals surface area contributed by atoms with Crippen LogP contribution in [-0.2, 0) is 14.3 Å². The molecule has 0 bridgehead atoms. The zero-order valence-corrected chi connectivity index (χ0v) is 19.3. The third kappa shape index (κ3) is 5.25. The molecule has 1 aromatic carbocycles. The van der Waals surface area contributed by atoms with Gasteiger partial charge in [0.1, 0.15) is 0 Å². The number of hydrogen-bond acceptors (Lipinski definition) is 4. The SMILES string of the molecule is COC1CCC2(CC1)CC(=O)C(c1cc(C)ccc1C)=C(CC(=O)N(C)CCC#N)C2. The summed E-state index contributed by atoms with van der Waals surface area (Å²) in [5, 5.41) is 8.86. The molecule has 0 atom stereocenters. The van der Waals surface area contributed by atoms with Crippen molar-refractivity contribution in [3.63, 3.8) is 0 Å². The molecule has 2 aliphatic carbocycles.